The highest BCUT2D eigenvalue weighted by atomic mass is 32.1. The van der Waals surface area contributed by atoms with Gasteiger partial charge in [0, 0.05) is 0 Å². The zero-order valence-electron chi connectivity index (χ0n) is 11.9. The molecule has 0 spiro atoms. The van der Waals surface area contributed by atoms with Crippen molar-refractivity contribution >= 4 is 11.3 Å². The highest BCUT2D eigenvalue weighted by molar-refractivity contribution is 7.08. The van der Waals surface area contributed by atoms with Crippen LogP contribution in [0.25, 0.3) is 0 Å². The van der Waals surface area contributed by atoms with Gasteiger partial charge in [0.1, 0.15) is 5.82 Å². The Labute approximate surface area is 118 Å². The second-order valence-electron chi connectivity index (χ2n) is 4.97. The Hall–Kier alpha value is -1.19. The minimum absolute atomic E-state index is 0.0963. The lowest BCUT2D eigenvalue weighted by atomic mass is 9.95. The first-order valence-electron chi connectivity index (χ1n) is 6.57. The molecule has 2 rings (SSSR count). The Morgan fingerprint density at radius 2 is 1.74 bits per heavy atom. The second-order valence-corrected chi connectivity index (χ2v) is 5.71. The van der Waals surface area contributed by atoms with E-state index in [4.69, 9.17) is 0 Å². The summed E-state index contributed by atoms with van der Waals surface area (Å²) in [6.45, 7) is 8.76. The van der Waals surface area contributed by atoms with Crippen LogP contribution in [0.1, 0.15) is 40.8 Å². The first kappa shape index (κ1) is 14.2. The van der Waals surface area contributed by atoms with Gasteiger partial charge < -0.3 is 5.32 Å². The largest absolute Gasteiger partial charge is 0.306 e. The average molecular weight is 277 g/mol. The van der Waals surface area contributed by atoms with Gasteiger partial charge in [0.2, 0.25) is 0 Å². The maximum Gasteiger partial charge on any atom is 0.129 e. The standard InChI is InChI=1S/C16H20FNS/c1-5-18-16(14-9-19-8-12(14)4)13-6-10(2)15(17)11(3)7-13/h6-9,16,18H,5H2,1-4H3. The van der Waals surface area contributed by atoms with Gasteiger partial charge in [0.05, 0.1) is 6.04 Å². The molecule has 1 N–H and O–H groups in total. The number of nitrogens with one attached hydrogen (secondary N) is 1. The third-order valence-corrected chi connectivity index (χ3v) is 4.29. The second kappa shape index (κ2) is 5.85. The Morgan fingerprint density at radius 1 is 1.11 bits per heavy atom. The first-order valence-corrected chi connectivity index (χ1v) is 7.51. The normalized spacial score (nSPS) is 12.7. The SMILES string of the molecule is CCNC(c1cc(C)c(F)c(C)c1)c1cscc1C. The minimum Gasteiger partial charge on any atom is -0.306 e. The number of thiophene rings is 1. The van der Waals surface area contributed by atoms with Crippen LogP contribution in [0.3, 0.4) is 0 Å². The zero-order valence-corrected chi connectivity index (χ0v) is 12.7. The third kappa shape index (κ3) is 2.88. The summed E-state index contributed by atoms with van der Waals surface area (Å²) in [4.78, 5) is 0. The van der Waals surface area contributed by atoms with Gasteiger partial charge in [-0.25, -0.2) is 4.39 Å². The van der Waals surface area contributed by atoms with E-state index in [9.17, 15) is 4.39 Å². The van der Waals surface area contributed by atoms with Crippen LogP contribution in [-0.2, 0) is 0 Å². The molecule has 0 saturated carbocycles. The van der Waals surface area contributed by atoms with Crippen LogP contribution in [0, 0.1) is 26.6 Å². The van der Waals surface area contributed by atoms with Gasteiger partial charge in [-0.15, -0.1) is 0 Å². The van der Waals surface area contributed by atoms with Crippen molar-refractivity contribution in [1.82, 2.24) is 5.32 Å². The molecule has 102 valence electrons. The monoisotopic (exact) mass is 277 g/mol. The summed E-state index contributed by atoms with van der Waals surface area (Å²) < 4.78 is 13.8. The van der Waals surface area contributed by atoms with E-state index in [0.717, 1.165) is 12.1 Å². The molecule has 1 aromatic carbocycles. The van der Waals surface area contributed by atoms with Crippen molar-refractivity contribution in [2.24, 2.45) is 0 Å². The smallest absolute Gasteiger partial charge is 0.129 e. The van der Waals surface area contributed by atoms with Gasteiger partial charge in [0.25, 0.3) is 0 Å². The van der Waals surface area contributed by atoms with Gasteiger partial charge in [-0.3, -0.25) is 0 Å². The van der Waals surface area contributed by atoms with E-state index < -0.39 is 0 Å². The highest BCUT2D eigenvalue weighted by Gasteiger charge is 2.17. The number of halogens is 1. The molecule has 0 radical (unpaired) electrons. The van der Waals surface area contributed by atoms with Crippen LogP contribution in [0.5, 0.6) is 0 Å². The van der Waals surface area contributed by atoms with Crippen LogP contribution < -0.4 is 5.32 Å². The molecule has 0 fully saturated rings. The maximum absolute atomic E-state index is 13.8. The first-order chi connectivity index (χ1) is 9.04. The summed E-state index contributed by atoms with van der Waals surface area (Å²) >= 11 is 1.71. The number of aryl methyl sites for hydroxylation is 3. The van der Waals surface area contributed by atoms with Gasteiger partial charge in [-0.05, 0) is 65.9 Å². The van der Waals surface area contributed by atoms with Gasteiger partial charge in [-0.1, -0.05) is 19.1 Å². The van der Waals surface area contributed by atoms with E-state index in [2.05, 4.69) is 29.9 Å². The average Bonchev–Trinajstić information content (AvgIpc) is 2.78. The highest BCUT2D eigenvalue weighted by Crippen LogP contribution is 2.29. The molecule has 0 aliphatic rings. The number of hydrogen-bond donors (Lipinski definition) is 1. The zero-order chi connectivity index (χ0) is 14.0. The molecule has 1 nitrogen and oxygen atoms in total. The predicted octanol–water partition coefficient (Wildman–Crippen LogP) is 4.51. The number of benzene rings is 1. The van der Waals surface area contributed by atoms with Crippen molar-refractivity contribution in [3.05, 3.63) is 56.5 Å². The summed E-state index contributed by atoms with van der Waals surface area (Å²) in [5.74, 6) is -0.0963. The Kier molecular flexibility index (Phi) is 4.38. The van der Waals surface area contributed by atoms with E-state index in [-0.39, 0.29) is 11.9 Å². The van der Waals surface area contributed by atoms with Crippen LogP contribution in [0.15, 0.2) is 22.9 Å². The van der Waals surface area contributed by atoms with Gasteiger partial charge in [0.15, 0.2) is 0 Å². The lowest BCUT2D eigenvalue weighted by Crippen LogP contribution is -2.22. The van der Waals surface area contributed by atoms with Crippen LogP contribution in [-0.4, -0.2) is 6.54 Å². The lowest BCUT2D eigenvalue weighted by Gasteiger charge is -2.20. The summed E-state index contributed by atoms with van der Waals surface area (Å²) in [7, 11) is 0. The van der Waals surface area contributed by atoms with E-state index >= 15 is 0 Å². The summed E-state index contributed by atoms with van der Waals surface area (Å²) in [6.07, 6.45) is 0. The summed E-state index contributed by atoms with van der Waals surface area (Å²) in [5.41, 5.74) is 5.14. The molecule has 0 bridgehead atoms. The quantitative estimate of drug-likeness (QED) is 0.867. The third-order valence-electron chi connectivity index (χ3n) is 3.41. The van der Waals surface area contributed by atoms with Crippen molar-refractivity contribution in [1.29, 1.82) is 0 Å². The molecule has 0 saturated heterocycles. The molecule has 0 amide bonds. The van der Waals surface area contributed by atoms with Gasteiger partial charge in [-0.2, -0.15) is 11.3 Å². The van der Waals surface area contributed by atoms with E-state index in [1.807, 2.05) is 26.0 Å². The maximum atomic E-state index is 13.8. The minimum atomic E-state index is -0.0963. The summed E-state index contributed by atoms with van der Waals surface area (Å²) in [5, 5.41) is 7.83. The fourth-order valence-electron chi connectivity index (χ4n) is 2.42. The Balaban J connectivity index is 2.48. The molecule has 1 unspecified atom stereocenters. The molecule has 0 aliphatic carbocycles. The Bertz CT molecular complexity index is 551. The molecular weight excluding hydrogens is 257 g/mol. The molecule has 3 heteroatoms. The molecular formula is C16H20FNS. The van der Waals surface area contributed by atoms with Crippen molar-refractivity contribution in [2.75, 3.05) is 6.54 Å². The van der Waals surface area contributed by atoms with Gasteiger partial charge >= 0.3 is 0 Å². The molecule has 19 heavy (non-hydrogen) atoms. The molecule has 1 atom stereocenters. The van der Waals surface area contributed by atoms with Crippen molar-refractivity contribution in [3.63, 3.8) is 0 Å². The molecule has 2 aromatic rings. The molecule has 1 aromatic heterocycles. The fourth-order valence-corrected chi connectivity index (χ4v) is 3.30. The van der Waals surface area contributed by atoms with Crippen molar-refractivity contribution < 1.29 is 4.39 Å². The topological polar surface area (TPSA) is 12.0 Å². The predicted molar refractivity (Wildman–Crippen MR) is 80.4 cm³/mol. The van der Waals surface area contributed by atoms with Crippen LogP contribution in [0.2, 0.25) is 0 Å². The van der Waals surface area contributed by atoms with Crippen LogP contribution >= 0.6 is 11.3 Å². The lowest BCUT2D eigenvalue weighted by molar-refractivity contribution is 0.598. The van der Waals surface area contributed by atoms with E-state index in [1.54, 1.807) is 11.3 Å². The molecule has 1 heterocycles. The van der Waals surface area contributed by atoms with E-state index in [1.165, 1.54) is 11.1 Å². The fraction of sp³-hybridized carbons (Fsp3) is 0.375. The van der Waals surface area contributed by atoms with Crippen LogP contribution in [0.4, 0.5) is 4.39 Å². The number of hydrogen-bond acceptors (Lipinski definition) is 2. The van der Waals surface area contributed by atoms with Crippen molar-refractivity contribution in [2.45, 2.75) is 33.7 Å². The number of rotatable bonds is 4. The van der Waals surface area contributed by atoms with Crippen molar-refractivity contribution in [3.8, 4) is 0 Å². The summed E-state index contributed by atoms with van der Waals surface area (Å²) in [6, 6.07) is 4.05. The van der Waals surface area contributed by atoms with E-state index in [0.29, 0.717) is 11.1 Å². The Morgan fingerprint density at radius 3 is 2.21 bits per heavy atom. The molecule has 0 aliphatic heterocycles.